The van der Waals surface area contributed by atoms with Gasteiger partial charge < -0.3 is 10.6 Å². The molecule has 1 unspecified atom stereocenters. The van der Waals surface area contributed by atoms with Crippen LogP contribution in [0.4, 0.5) is 0 Å². The van der Waals surface area contributed by atoms with Crippen LogP contribution in [0.2, 0.25) is 0 Å². The zero-order valence-electron chi connectivity index (χ0n) is 11.3. The number of amides is 1. The van der Waals surface area contributed by atoms with Crippen molar-refractivity contribution in [2.45, 2.75) is 25.4 Å². The number of carbonyl (C=O) groups is 1. The highest BCUT2D eigenvalue weighted by molar-refractivity contribution is 7.09. The van der Waals surface area contributed by atoms with Crippen molar-refractivity contribution in [1.82, 2.24) is 10.6 Å². The summed E-state index contributed by atoms with van der Waals surface area (Å²) in [5.74, 6) is 0.107. The summed E-state index contributed by atoms with van der Waals surface area (Å²) in [6, 6.07) is 12.4. The van der Waals surface area contributed by atoms with Crippen molar-refractivity contribution in [1.29, 1.82) is 0 Å². The van der Waals surface area contributed by atoms with Gasteiger partial charge >= 0.3 is 0 Å². The third-order valence-electron chi connectivity index (χ3n) is 3.65. The van der Waals surface area contributed by atoms with Crippen LogP contribution in [0, 0.1) is 0 Å². The Morgan fingerprint density at radius 3 is 2.90 bits per heavy atom. The molecule has 1 aliphatic rings. The van der Waals surface area contributed by atoms with Gasteiger partial charge in [-0.05, 0) is 35.4 Å². The molecule has 0 bridgehead atoms. The maximum Gasteiger partial charge on any atom is 0.237 e. The molecule has 1 aliphatic heterocycles. The van der Waals surface area contributed by atoms with Gasteiger partial charge in [0, 0.05) is 18.0 Å². The lowest BCUT2D eigenvalue weighted by molar-refractivity contribution is -0.123. The summed E-state index contributed by atoms with van der Waals surface area (Å²) in [4.78, 5) is 13.5. The molecular formula is C16H18N2OS. The zero-order valence-corrected chi connectivity index (χ0v) is 12.1. The van der Waals surface area contributed by atoms with Gasteiger partial charge in [0.05, 0.1) is 6.04 Å². The molecule has 2 N–H and O–H groups in total. The fourth-order valence-corrected chi connectivity index (χ4v) is 3.24. The summed E-state index contributed by atoms with van der Waals surface area (Å²) < 4.78 is 0. The van der Waals surface area contributed by atoms with Gasteiger partial charge in [0.1, 0.15) is 0 Å². The summed E-state index contributed by atoms with van der Waals surface area (Å²) in [5, 5.41) is 8.40. The Morgan fingerprint density at radius 1 is 1.25 bits per heavy atom. The molecule has 0 spiro atoms. The number of nitrogens with one attached hydrogen (secondary N) is 2. The van der Waals surface area contributed by atoms with Gasteiger partial charge in [0.15, 0.2) is 0 Å². The molecule has 1 aromatic carbocycles. The Hall–Kier alpha value is -1.65. The third-order valence-corrected chi connectivity index (χ3v) is 4.58. The minimum atomic E-state index is -0.103. The smallest absolute Gasteiger partial charge is 0.237 e. The quantitative estimate of drug-likeness (QED) is 0.904. The molecule has 0 saturated heterocycles. The van der Waals surface area contributed by atoms with Gasteiger partial charge in [-0.2, -0.15) is 0 Å². The minimum absolute atomic E-state index is 0.103. The summed E-state index contributed by atoms with van der Waals surface area (Å²) in [5.41, 5.74) is 2.58. The van der Waals surface area contributed by atoms with Gasteiger partial charge in [0.25, 0.3) is 0 Å². The van der Waals surface area contributed by atoms with Crippen molar-refractivity contribution >= 4 is 17.2 Å². The van der Waals surface area contributed by atoms with E-state index in [1.165, 1.54) is 16.0 Å². The van der Waals surface area contributed by atoms with Crippen molar-refractivity contribution in [3.63, 3.8) is 0 Å². The summed E-state index contributed by atoms with van der Waals surface area (Å²) in [6.45, 7) is 1.48. The van der Waals surface area contributed by atoms with Crippen molar-refractivity contribution in [2.24, 2.45) is 0 Å². The minimum Gasteiger partial charge on any atom is -0.354 e. The Bertz CT molecular complexity index is 580. The van der Waals surface area contributed by atoms with E-state index in [1.54, 1.807) is 11.3 Å². The maximum atomic E-state index is 12.2. The average molecular weight is 286 g/mol. The highest BCUT2D eigenvalue weighted by Crippen LogP contribution is 2.16. The van der Waals surface area contributed by atoms with E-state index in [1.807, 2.05) is 18.2 Å². The van der Waals surface area contributed by atoms with Crippen LogP contribution < -0.4 is 10.6 Å². The second kappa shape index (κ2) is 6.20. The van der Waals surface area contributed by atoms with E-state index in [4.69, 9.17) is 0 Å². The van der Waals surface area contributed by atoms with Crippen molar-refractivity contribution in [2.75, 3.05) is 6.54 Å². The molecule has 1 amide bonds. The van der Waals surface area contributed by atoms with Crippen LogP contribution in [0.25, 0.3) is 0 Å². The molecule has 20 heavy (non-hydrogen) atoms. The number of fused-ring (bicyclic) bond motifs is 1. The molecule has 0 fully saturated rings. The Morgan fingerprint density at radius 2 is 2.10 bits per heavy atom. The number of rotatable bonds is 4. The molecule has 4 heteroatoms. The van der Waals surface area contributed by atoms with E-state index in [0.29, 0.717) is 6.54 Å². The predicted octanol–water partition coefficient (Wildman–Crippen LogP) is 2.12. The van der Waals surface area contributed by atoms with Crippen LogP contribution in [0.15, 0.2) is 41.8 Å². The van der Waals surface area contributed by atoms with Gasteiger partial charge in [-0.3, -0.25) is 4.79 Å². The number of thiophene rings is 1. The first-order chi connectivity index (χ1) is 9.83. The van der Waals surface area contributed by atoms with Gasteiger partial charge in [-0.25, -0.2) is 0 Å². The topological polar surface area (TPSA) is 41.1 Å². The van der Waals surface area contributed by atoms with E-state index in [9.17, 15) is 4.79 Å². The first-order valence-corrected chi connectivity index (χ1v) is 7.81. The zero-order chi connectivity index (χ0) is 13.8. The van der Waals surface area contributed by atoms with Crippen LogP contribution in [0.5, 0.6) is 0 Å². The van der Waals surface area contributed by atoms with E-state index in [-0.39, 0.29) is 11.9 Å². The normalized spacial score (nSPS) is 17.5. The highest BCUT2D eigenvalue weighted by Gasteiger charge is 2.23. The molecule has 0 radical (unpaired) electrons. The summed E-state index contributed by atoms with van der Waals surface area (Å²) in [6.07, 6.45) is 1.69. The monoisotopic (exact) mass is 286 g/mol. The van der Waals surface area contributed by atoms with Crippen LogP contribution in [-0.4, -0.2) is 18.5 Å². The molecule has 2 heterocycles. The molecule has 0 aliphatic carbocycles. The van der Waals surface area contributed by atoms with Crippen molar-refractivity contribution in [3.05, 3.63) is 57.8 Å². The fraction of sp³-hybridized carbons (Fsp3) is 0.312. The largest absolute Gasteiger partial charge is 0.354 e. The van der Waals surface area contributed by atoms with Gasteiger partial charge in [-0.1, -0.05) is 30.3 Å². The number of carbonyl (C=O) groups excluding carboxylic acids is 1. The predicted molar refractivity (Wildman–Crippen MR) is 81.8 cm³/mol. The van der Waals surface area contributed by atoms with Crippen LogP contribution in [0.1, 0.15) is 16.0 Å². The average Bonchev–Trinajstić information content (AvgIpc) is 3.00. The van der Waals surface area contributed by atoms with Crippen molar-refractivity contribution in [3.8, 4) is 0 Å². The van der Waals surface area contributed by atoms with Crippen LogP contribution in [-0.2, 0) is 24.2 Å². The number of hydrogen-bond acceptors (Lipinski definition) is 3. The lowest BCUT2D eigenvalue weighted by atomic mass is 9.95. The first-order valence-electron chi connectivity index (χ1n) is 6.93. The van der Waals surface area contributed by atoms with Gasteiger partial charge in [0.2, 0.25) is 5.91 Å². The first kappa shape index (κ1) is 13.3. The molecule has 104 valence electrons. The lowest BCUT2D eigenvalue weighted by Crippen LogP contribution is -2.48. The molecule has 2 aromatic rings. The molecule has 1 aromatic heterocycles. The third kappa shape index (κ3) is 3.08. The number of hydrogen-bond donors (Lipinski definition) is 2. The molecule has 0 saturated carbocycles. The Balaban J connectivity index is 1.51. The summed E-state index contributed by atoms with van der Waals surface area (Å²) in [7, 11) is 0. The maximum absolute atomic E-state index is 12.2. The SMILES string of the molecule is O=C(NCCc1cccs1)C1Cc2ccccc2CN1. The van der Waals surface area contributed by atoms with E-state index in [2.05, 4.69) is 34.2 Å². The van der Waals surface area contributed by atoms with E-state index < -0.39 is 0 Å². The second-order valence-corrected chi connectivity index (χ2v) is 6.06. The van der Waals surface area contributed by atoms with E-state index >= 15 is 0 Å². The van der Waals surface area contributed by atoms with Crippen LogP contribution >= 0.6 is 11.3 Å². The molecule has 1 atom stereocenters. The molecule has 3 nitrogen and oxygen atoms in total. The molecular weight excluding hydrogens is 268 g/mol. The Labute approximate surface area is 123 Å². The molecule has 3 rings (SSSR count). The van der Waals surface area contributed by atoms with Gasteiger partial charge in [-0.15, -0.1) is 11.3 Å². The second-order valence-electron chi connectivity index (χ2n) is 5.03. The Kier molecular flexibility index (Phi) is 4.14. The van der Waals surface area contributed by atoms with Crippen LogP contribution in [0.3, 0.4) is 0 Å². The summed E-state index contributed by atoms with van der Waals surface area (Å²) >= 11 is 1.73. The lowest BCUT2D eigenvalue weighted by Gasteiger charge is -2.25. The van der Waals surface area contributed by atoms with E-state index in [0.717, 1.165) is 19.4 Å². The standard InChI is InChI=1S/C16H18N2OS/c19-16(17-8-7-14-6-3-9-20-14)15-10-12-4-1-2-5-13(12)11-18-15/h1-6,9,15,18H,7-8,10-11H2,(H,17,19). The number of benzene rings is 1. The fourth-order valence-electron chi connectivity index (χ4n) is 2.53. The highest BCUT2D eigenvalue weighted by atomic mass is 32.1. The van der Waals surface area contributed by atoms with Crippen molar-refractivity contribution < 1.29 is 4.79 Å².